The third-order valence-corrected chi connectivity index (χ3v) is 5.28. The van der Waals surface area contributed by atoms with E-state index in [0.29, 0.717) is 5.92 Å². The second-order valence-electron chi connectivity index (χ2n) is 6.61. The molecule has 4 heteroatoms. The monoisotopic (exact) mass is 405 g/mol. The Balaban J connectivity index is 1.78. The molecule has 2 aliphatic rings. The molecule has 1 aliphatic heterocycles. The Morgan fingerprint density at radius 3 is 2.58 bits per heavy atom. The summed E-state index contributed by atoms with van der Waals surface area (Å²) < 4.78 is 1.04. The van der Waals surface area contributed by atoms with Gasteiger partial charge in [-0.25, -0.2) is 9.98 Å². The molecule has 0 radical (unpaired) electrons. The smallest absolute Gasteiger partial charge is 0.155 e. The molecule has 0 aromatic heterocycles. The van der Waals surface area contributed by atoms with Crippen LogP contribution in [0.4, 0.5) is 0 Å². The summed E-state index contributed by atoms with van der Waals surface area (Å²) in [7, 11) is 0. The van der Waals surface area contributed by atoms with E-state index in [2.05, 4.69) is 64.6 Å². The van der Waals surface area contributed by atoms with Gasteiger partial charge in [-0.05, 0) is 24.0 Å². The lowest BCUT2D eigenvalue weighted by Crippen LogP contribution is -2.34. The molecule has 1 aliphatic carbocycles. The number of nitrogens with one attached hydrogen (secondary N) is 1. The van der Waals surface area contributed by atoms with Gasteiger partial charge in [-0.3, -0.25) is 0 Å². The van der Waals surface area contributed by atoms with Crippen molar-refractivity contribution in [3.63, 3.8) is 0 Å². The van der Waals surface area contributed by atoms with Gasteiger partial charge in [0.2, 0.25) is 0 Å². The first-order valence-corrected chi connectivity index (χ1v) is 9.60. The van der Waals surface area contributed by atoms with Gasteiger partial charge in [0.15, 0.2) is 5.84 Å². The number of amidine groups is 2. The number of allylic oxidation sites excluding steroid dienone is 3. The Hall–Kier alpha value is -2.46. The van der Waals surface area contributed by atoms with Crippen molar-refractivity contribution >= 4 is 27.6 Å². The maximum atomic E-state index is 4.93. The van der Waals surface area contributed by atoms with E-state index in [9.17, 15) is 0 Å². The zero-order valence-electron chi connectivity index (χ0n) is 14.6. The Bertz CT molecular complexity index is 925. The molecule has 1 heterocycles. The van der Waals surface area contributed by atoms with Crippen LogP contribution in [0.25, 0.3) is 0 Å². The Kier molecular flexibility index (Phi) is 4.85. The summed E-state index contributed by atoms with van der Waals surface area (Å²) in [5.41, 5.74) is 3.36. The van der Waals surface area contributed by atoms with Crippen molar-refractivity contribution in [2.24, 2.45) is 15.9 Å². The number of benzene rings is 2. The van der Waals surface area contributed by atoms with Gasteiger partial charge in [0.1, 0.15) is 12.0 Å². The van der Waals surface area contributed by atoms with Crippen molar-refractivity contribution in [1.82, 2.24) is 5.32 Å². The normalized spacial score (nSPS) is 22.2. The van der Waals surface area contributed by atoms with Crippen molar-refractivity contribution in [2.75, 3.05) is 0 Å². The fourth-order valence-corrected chi connectivity index (χ4v) is 3.71. The molecule has 2 unspecified atom stereocenters. The first-order valence-electron chi connectivity index (χ1n) is 8.81. The maximum Gasteiger partial charge on any atom is 0.155 e. The minimum Gasteiger partial charge on any atom is -0.344 e. The lowest BCUT2D eigenvalue weighted by Gasteiger charge is -2.26. The van der Waals surface area contributed by atoms with E-state index in [4.69, 9.17) is 9.98 Å². The molecule has 2 aromatic carbocycles. The summed E-state index contributed by atoms with van der Waals surface area (Å²) >= 11 is 3.66. The minimum absolute atomic E-state index is 0.171. The lowest BCUT2D eigenvalue weighted by molar-refractivity contribution is 0.664. The van der Waals surface area contributed by atoms with Crippen molar-refractivity contribution in [3.8, 4) is 0 Å². The van der Waals surface area contributed by atoms with Crippen LogP contribution in [0.2, 0.25) is 0 Å². The second kappa shape index (κ2) is 7.42. The molecule has 0 bridgehead atoms. The number of rotatable bonds is 3. The van der Waals surface area contributed by atoms with E-state index in [1.165, 1.54) is 5.57 Å². The first kappa shape index (κ1) is 17.0. The molecule has 2 atom stereocenters. The van der Waals surface area contributed by atoms with E-state index in [0.717, 1.165) is 33.7 Å². The van der Waals surface area contributed by atoms with Crippen LogP contribution >= 0.6 is 15.9 Å². The average molecular weight is 406 g/mol. The summed E-state index contributed by atoms with van der Waals surface area (Å²) in [5, 5.41) is 3.49. The summed E-state index contributed by atoms with van der Waals surface area (Å²) in [6.07, 6.45) is 7.25. The van der Waals surface area contributed by atoms with Gasteiger partial charge in [-0.2, -0.15) is 0 Å². The van der Waals surface area contributed by atoms with Gasteiger partial charge >= 0.3 is 0 Å². The van der Waals surface area contributed by atoms with Gasteiger partial charge in [-0.1, -0.05) is 89.6 Å². The van der Waals surface area contributed by atoms with Crippen LogP contribution in [-0.4, -0.2) is 11.7 Å². The molecule has 0 amide bonds. The zero-order valence-corrected chi connectivity index (χ0v) is 16.1. The van der Waals surface area contributed by atoms with Gasteiger partial charge in [-0.15, -0.1) is 0 Å². The molecule has 4 rings (SSSR count). The number of hydrogen-bond donors (Lipinski definition) is 1. The molecule has 2 aromatic rings. The van der Waals surface area contributed by atoms with Gasteiger partial charge < -0.3 is 5.32 Å². The molecule has 0 saturated heterocycles. The molecule has 0 saturated carbocycles. The van der Waals surface area contributed by atoms with E-state index in [-0.39, 0.29) is 6.17 Å². The van der Waals surface area contributed by atoms with Crippen LogP contribution < -0.4 is 5.32 Å². The third-order valence-electron chi connectivity index (χ3n) is 4.56. The molecular formula is C22H20BrN3. The highest BCUT2D eigenvalue weighted by Gasteiger charge is 2.23. The van der Waals surface area contributed by atoms with E-state index < -0.39 is 0 Å². The topological polar surface area (TPSA) is 36.8 Å². The maximum absolute atomic E-state index is 4.93. The highest BCUT2D eigenvalue weighted by atomic mass is 79.9. The molecule has 1 N–H and O–H groups in total. The summed E-state index contributed by atoms with van der Waals surface area (Å²) in [5.74, 6) is 2.18. The third kappa shape index (κ3) is 3.56. The van der Waals surface area contributed by atoms with Gasteiger partial charge in [0.25, 0.3) is 0 Å². The van der Waals surface area contributed by atoms with E-state index in [1.54, 1.807) is 0 Å². The predicted octanol–water partition coefficient (Wildman–Crippen LogP) is 5.42. The molecular weight excluding hydrogens is 386 g/mol. The molecule has 26 heavy (non-hydrogen) atoms. The Labute approximate surface area is 162 Å². The zero-order chi connectivity index (χ0) is 17.9. The number of nitrogens with zero attached hydrogens (tertiary/aromatic N) is 2. The highest BCUT2D eigenvalue weighted by molar-refractivity contribution is 9.10. The lowest BCUT2D eigenvalue weighted by atomic mass is 9.95. The Morgan fingerprint density at radius 2 is 1.81 bits per heavy atom. The average Bonchev–Trinajstić information content (AvgIpc) is 2.69. The Morgan fingerprint density at radius 1 is 1.04 bits per heavy atom. The quantitative estimate of drug-likeness (QED) is 0.726. The van der Waals surface area contributed by atoms with E-state index >= 15 is 0 Å². The van der Waals surface area contributed by atoms with Crippen molar-refractivity contribution < 1.29 is 0 Å². The molecule has 0 spiro atoms. The largest absolute Gasteiger partial charge is 0.344 e. The fourth-order valence-electron chi connectivity index (χ4n) is 3.20. The van der Waals surface area contributed by atoms with Crippen LogP contribution in [-0.2, 0) is 0 Å². The van der Waals surface area contributed by atoms with Crippen LogP contribution in [0, 0.1) is 5.92 Å². The predicted molar refractivity (Wildman–Crippen MR) is 111 cm³/mol. The first-order chi connectivity index (χ1) is 12.7. The number of hydrogen-bond acceptors (Lipinski definition) is 3. The number of halogens is 1. The summed E-state index contributed by atoms with van der Waals surface area (Å²) in [6.45, 7) is 2.22. The van der Waals surface area contributed by atoms with Gasteiger partial charge in [0.05, 0.1) is 0 Å². The fraction of sp³-hybridized carbons (Fsp3) is 0.182. The SMILES string of the molecule is CC1C=CC=C(C2=NC(c3ccccc3Br)NC(c3ccccc3)=N2)C1. The van der Waals surface area contributed by atoms with Crippen LogP contribution in [0.3, 0.4) is 0 Å². The van der Waals surface area contributed by atoms with Crippen LogP contribution in [0.1, 0.15) is 30.6 Å². The molecule has 3 nitrogen and oxygen atoms in total. The van der Waals surface area contributed by atoms with Crippen LogP contribution in [0.5, 0.6) is 0 Å². The van der Waals surface area contributed by atoms with Crippen LogP contribution in [0.15, 0.2) is 92.9 Å². The summed E-state index contributed by atoms with van der Waals surface area (Å²) in [6, 6.07) is 18.4. The second-order valence-corrected chi connectivity index (χ2v) is 7.46. The number of aliphatic imine (C=N–C) groups is 2. The van der Waals surface area contributed by atoms with Crippen molar-refractivity contribution in [1.29, 1.82) is 0 Å². The van der Waals surface area contributed by atoms with Crippen molar-refractivity contribution in [2.45, 2.75) is 19.5 Å². The van der Waals surface area contributed by atoms with Crippen molar-refractivity contribution in [3.05, 3.63) is 94.0 Å². The van der Waals surface area contributed by atoms with E-state index in [1.807, 2.05) is 36.4 Å². The molecule has 130 valence electrons. The highest BCUT2D eigenvalue weighted by Crippen LogP contribution is 2.29. The van der Waals surface area contributed by atoms with Gasteiger partial charge in [0, 0.05) is 15.6 Å². The minimum atomic E-state index is -0.171. The summed E-state index contributed by atoms with van der Waals surface area (Å²) in [4.78, 5) is 9.79. The standard InChI is InChI=1S/C22H20BrN3/c1-15-8-7-11-17(14-15)21-24-20(16-9-3-2-4-10-16)25-22(26-21)18-12-5-6-13-19(18)23/h2-13,15,22H,14H2,1H3,(H,24,25,26). The molecule has 0 fully saturated rings.